The molecule has 2 aromatic carbocycles. The van der Waals surface area contributed by atoms with Crippen molar-refractivity contribution in [1.29, 1.82) is 0 Å². The van der Waals surface area contributed by atoms with E-state index in [1.54, 1.807) is 14.2 Å². The molecule has 0 bridgehead atoms. The molecule has 1 amide bonds. The van der Waals surface area contributed by atoms with Crippen LogP contribution in [0.3, 0.4) is 0 Å². The summed E-state index contributed by atoms with van der Waals surface area (Å²) >= 11 is 0. The molecule has 1 atom stereocenters. The standard InChI is InChI=1S/C21H27NO4/c1-6-17(26-18-9-7-8-14(2)15(18)3)21(23)22-13-16-10-11-19(24-4)20(12-16)25-5/h7-12,17H,6,13H2,1-5H3,(H,22,23)/t17-/m0/s1. The highest BCUT2D eigenvalue weighted by Gasteiger charge is 2.19. The minimum absolute atomic E-state index is 0.136. The number of benzene rings is 2. The van der Waals surface area contributed by atoms with Gasteiger partial charge in [0.2, 0.25) is 0 Å². The number of carbonyl (C=O) groups is 1. The third-order valence-corrected chi connectivity index (χ3v) is 4.40. The van der Waals surface area contributed by atoms with E-state index in [-0.39, 0.29) is 5.91 Å². The molecule has 0 radical (unpaired) electrons. The number of nitrogens with one attached hydrogen (secondary N) is 1. The number of rotatable bonds is 8. The second-order valence-corrected chi connectivity index (χ2v) is 6.12. The molecule has 0 heterocycles. The summed E-state index contributed by atoms with van der Waals surface area (Å²) in [5.74, 6) is 1.91. The van der Waals surface area contributed by atoms with Crippen LogP contribution in [0.4, 0.5) is 0 Å². The first kappa shape index (κ1) is 19.6. The Morgan fingerprint density at radius 1 is 1.04 bits per heavy atom. The molecule has 0 aliphatic heterocycles. The largest absolute Gasteiger partial charge is 0.493 e. The lowest BCUT2D eigenvalue weighted by Crippen LogP contribution is -2.37. The van der Waals surface area contributed by atoms with Gasteiger partial charge >= 0.3 is 0 Å². The van der Waals surface area contributed by atoms with E-state index in [1.165, 1.54) is 0 Å². The number of hydrogen-bond acceptors (Lipinski definition) is 4. The van der Waals surface area contributed by atoms with Gasteiger partial charge in [-0.25, -0.2) is 0 Å². The molecule has 0 aromatic heterocycles. The van der Waals surface area contributed by atoms with E-state index in [0.29, 0.717) is 24.5 Å². The van der Waals surface area contributed by atoms with E-state index < -0.39 is 6.10 Å². The maximum absolute atomic E-state index is 12.5. The Labute approximate surface area is 155 Å². The predicted octanol–water partition coefficient (Wildman–Crippen LogP) is 3.79. The smallest absolute Gasteiger partial charge is 0.261 e. The van der Waals surface area contributed by atoms with E-state index in [1.807, 2.05) is 57.2 Å². The monoisotopic (exact) mass is 357 g/mol. The van der Waals surface area contributed by atoms with Gasteiger partial charge in [0.15, 0.2) is 17.6 Å². The zero-order valence-corrected chi connectivity index (χ0v) is 16.1. The van der Waals surface area contributed by atoms with E-state index in [0.717, 1.165) is 22.4 Å². The average Bonchev–Trinajstić information content (AvgIpc) is 2.66. The summed E-state index contributed by atoms with van der Waals surface area (Å²) in [5, 5.41) is 2.93. The zero-order valence-electron chi connectivity index (χ0n) is 16.1. The Kier molecular flexibility index (Phi) is 6.89. The van der Waals surface area contributed by atoms with Gasteiger partial charge in [0.05, 0.1) is 14.2 Å². The van der Waals surface area contributed by atoms with Crippen LogP contribution in [-0.4, -0.2) is 26.2 Å². The number of amides is 1. The second kappa shape index (κ2) is 9.13. The third-order valence-electron chi connectivity index (χ3n) is 4.40. The molecule has 0 aliphatic rings. The summed E-state index contributed by atoms with van der Waals surface area (Å²) in [5.41, 5.74) is 3.12. The molecule has 1 N–H and O–H groups in total. The van der Waals surface area contributed by atoms with Crippen molar-refractivity contribution in [2.45, 2.75) is 39.8 Å². The lowest BCUT2D eigenvalue weighted by atomic mass is 10.1. The van der Waals surface area contributed by atoms with Crippen LogP contribution in [0, 0.1) is 13.8 Å². The zero-order chi connectivity index (χ0) is 19.1. The normalized spacial score (nSPS) is 11.6. The molecule has 0 spiro atoms. The fourth-order valence-corrected chi connectivity index (χ4v) is 2.62. The summed E-state index contributed by atoms with van der Waals surface area (Å²) < 4.78 is 16.5. The summed E-state index contributed by atoms with van der Waals surface area (Å²) in [7, 11) is 3.18. The fourth-order valence-electron chi connectivity index (χ4n) is 2.62. The highest BCUT2D eigenvalue weighted by Crippen LogP contribution is 2.27. The van der Waals surface area contributed by atoms with Crippen molar-refractivity contribution < 1.29 is 19.0 Å². The first-order chi connectivity index (χ1) is 12.5. The van der Waals surface area contributed by atoms with Crippen LogP contribution in [0.15, 0.2) is 36.4 Å². The van der Waals surface area contributed by atoms with Gasteiger partial charge in [-0.1, -0.05) is 25.1 Å². The van der Waals surface area contributed by atoms with Crippen LogP contribution >= 0.6 is 0 Å². The van der Waals surface area contributed by atoms with Crippen LogP contribution < -0.4 is 19.5 Å². The predicted molar refractivity (Wildman–Crippen MR) is 102 cm³/mol. The summed E-state index contributed by atoms with van der Waals surface area (Å²) in [6.07, 6.45) is 0.0566. The molecule has 140 valence electrons. The third kappa shape index (κ3) is 4.69. The van der Waals surface area contributed by atoms with Crippen LogP contribution in [0.2, 0.25) is 0 Å². The van der Waals surface area contributed by atoms with Crippen molar-refractivity contribution in [3.05, 3.63) is 53.1 Å². The van der Waals surface area contributed by atoms with Crippen LogP contribution in [0.5, 0.6) is 17.2 Å². The molecular weight excluding hydrogens is 330 g/mol. The number of ether oxygens (including phenoxy) is 3. The molecular formula is C21H27NO4. The number of carbonyl (C=O) groups excluding carboxylic acids is 1. The van der Waals surface area contributed by atoms with Gasteiger partial charge < -0.3 is 19.5 Å². The van der Waals surface area contributed by atoms with Gasteiger partial charge in [-0.2, -0.15) is 0 Å². The van der Waals surface area contributed by atoms with Crippen LogP contribution in [0.1, 0.15) is 30.0 Å². The molecule has 26 heavy (non-hydrogen) atoms. The van der Waals surface area contributed by atoms with Crippen molar-refractivity contribution in [3.8, 4) is 17.2 Å². The average molecular weight is 357 g/mol. The summed E-state index contributed by atoms with van der Waals surface area (Å²) in [6, 6.07) is 11.4. The number of aryl methyl sites for hydroxylation is 1. The van der Waals surface area contributed by atoms with Crippen LogP contribution in [0.25, 0.3) is 0 Å². The van der Waals surface area contributed by atoms with Crippen LogP contribution in [-0.2, 0) is 11.3 Å². The van der Waals surface area contributed by atoms with Gasteiger partial charge in [0.1, 0.15) is 5.75 Å². The Hall–Kier alpha value is -2.69. The minimum atomic E-state index is -0.532. The van der Waals surface area contributed by atoms with Gasteiger partial charge in [-0.3, -0.25) is 4.79 Å². The van der Waals surface area contributed by atoms with E-state index in [9.17, 15) is 4.79 Å². The van der Waals surface area contributed by atoms with Crippen molar-refractivity contribution in [1.82, 2.24) is 5.32 Å². The minimum Gasteiger partial charge on any atom is -0.493 e. The highest BCUT2D eigenvalue weighted by molar-refractivity contribution is 5.81. The van der Waals surface area contributed by atoms with Crippen molar-refractivity contribution >= 4 is 5.91 Å². The first-order valence-corrected chi connectivity index (χ1v) is 8.71. The summed E-state index contributed by atoms with van der Waals surface area (Å²) in [4.78, 5) is 12.5. The Balaban J connectivity index is 2.02. The fraction of sp³-hybridized carbons (Fsp3) is 0.381. The topological polar surface area (TPSA) is 56.8 Å². The molecule has 0 fully saturated rings. The molecule has 5 nitrogen and oxygen atoms in total. The van der Waals surface area contributed by atoms with Gasteiger partial charge in [-0.05, 0) is 55.2 Å². The maximum atomic E-state index is 12.5. The van der Waals surface area contributed by atoms with E-state index >= 15 is 0 Å². The van der Waals surface area contributed by atoms with Crippen molar-refractivity contribution in [2.75, 3.05) is 14.2 Å². The van der Waals surface area contributed by atoms with Gasteiger partial charge in [-0.15, -0.1) is 0 Å². The molecule has 5 heteroatoms. The molecule has 2 rings (SSSR count). The Bertz CT molecular complexity index is 758. The second-order valence-electron chi connectivity index (χ2n) is 6.12. The molecule has 0 unspecified atom stereocenters. The highest BCUT2D eigenvalue weighted by atomic mass is 16.5. The molecule has 0 aliphatic carbocycles. The van der Waals surface area contributed by atoms with Gasteiger partial charge in [0.25, 0.3) is 5.91 Å². The van der Waals surface area contributed by atoms with Crippen molar-refractivity contribution in [2.24, 2.45) is 0 Å². The Morgan fingerprint density at radius 3 is 2.42 bits per heavy atom. The lowest BCUT2D eigenvalue weighted by molar-refractivity contribution is -0.128. The van der Waals surface area contributed by atoms with Crippen molar-refractivity contribution in [3.63, 3.8) is 0 Å². The maximum Gasteiger partial charge on any atom is 0.261 e. The number of hydrogen-bond donors (Lipinski definition) is 1. The van der Waals surface area contributed by atoms with E-state index in [2.05, 4.69) is 5.32 Å². The molecule has 2 aromatic rings. The number of methoxy groups -OCH3 is 2. The summed E-state index contributed by atoms with van der Waals surface area (Å²) in [6.45, 7) is 6.36. The first-order valence-electron chi connectivity index (χ1n) is 8.71. The Morgan fingerprint density at radius 2 is 1.77 bits per heavy atom. The SMILES string of the molecule is CC[C@H](Oc1cccc(C)c1C)C(=O)NCc1ccc(OC)c(OC)c1. The molecule has 0 saturated carbocycles. The van der Waals surface area contributed by atoms with Gasteiger partial charge in [0, 0.05) is 6.54 Å². The van der Waals surface area contributed by atoms with E-state index in [4.69, 9.17) is 14.2 Å². The quantitative estimate of drug-likeness (QED) is 0.781. The lowest BCUT2D eigenvalue weighted by Gasteiger charge is -2.19. The molecule has 0 saturated heterocycles.